The second-order valence-electron chi connectivity index (χ2n) is 8.82. The molecule has 0 amide bonds. The number of hydrogen-bond donors (Lipinski definition) is 2. The zero-order chi connectivity index (χ0) is 21.3. The Morgan fingerprint density at radius 2 is 1.83 bits per heavy atom. The Bertz CT molecular complexity index is 851. The van der Waals surface area contributed by atoms with Crippen LogP contribution in [-0.4, -0.2) is 38.1 Å². The number of anilines is 1. The van der Waals surface area contributed by atoms with E-state index in [1.54, 1.807) is 6.07 Å². The first-order valence-corrected chi connectivity index (χ1v) is 10.8. The van der Waals surface area contributed by atoms with Gasteiger partial charge >= 0.3 is 6.18 Å². The van der Waals surface area contributed by atoms with E-state index in [0.717, 1.165) is 43.6 Å². The molecule has 2 aromatic carbocycles. The zero-order valence-corrected chi connectivity index (χ0v) is 17.5. The van der Waals surface area contributed by atoms with Gasteiger partial charge in [0, 0.05) is 17.6 Å². The molecule has 0 aromatic heterocycles. The van der Waals surface area contributed by atoms with Gasteiger partial charge in [-0.15, -0.1) is 0 Å². The lowest BCUT2D eigenvalue weighted by molar-refractivity contribution is -0.137. The number of nitrogens with one attached hydrogen (secondary N) is 2. The van der Waals surface area contributed by atoms with Crippen LogP contribution in [0, 0.1) is 5.92 Å². The highest BCUT2D eigenvalue weighted by Gasteiger charge is 2.46. The van der Waals surface area contributed by atoms with Gasteiger partial charge in [0.25, 0.3) is 0 Å². The molecule has 0 saturated heterocycles. The fourth-order valence-electron chi connectivity index (χ4n) is 5.17. The Morgan fingerprint density at radius 1 is 1.07 bits per heavy atom. The molecule has 2 aliphatic rings. The summed E-state index contributed by atoms with van der Waals surface area (Å²) in [7, 11) is 4.11. The molecule has 0 spiro atoms. The number of benzene rings is 2. The predicted molar refractivity (Wildman–Crippen MR) is 115 cm³/mol. The van der Waals surface area contributed by atoms with Gasteiger partial charge in [0.2, 0.25) is 0 Å². The molecule has 30 heavy (non-hydrogen) atoms. The molecule has 4 rings (SSSR count). The number of hydrogen-bond acceptors (Lipinski definition) is 3. The van der Waals surface area contributed by atoms with Gasteiger partial charge in [0.05, 0.1) is 11.6 Å². The second-order valence-corrected chi connectivity index (χ2v) is 8.82. The van der Waals surface area contributed by atoms with Crippen LogP contribution in [0.3, 0.4) is 0 Å². The minimum atomic E-state index is -4.33. The first kappa shape index (κ1) is 21.2. The van der Waals surface area contributed by atoms with Crippen LogP contribution in [0.25, 0.3) is 0 Å². The molecule has 2 N–H and O–H groups in total. The van der Waals surface area contributed by atoms with E-state index in [2.05, 4.69) is 41.8 Å². The maximum atomic E-state index is 13.4. The van der Waals surface area contributed by atoms with Gasteiger partial charge in [-0.2, -0.15) is 13.2 Å². The topological polar surface area (TPSA) is 27.3 Å². The lowest BCUT2D eigenvalue weighted by Gasteiger charge is -2.40. The van der Waals surface area contributed by atoms with E-state index in [4.69, 9.17) is 0 Å². The Labute approximate surface area is 176 Å². The Balaban J connectivity index is 1.65. The van der Waals surface area contributed by atoms with E-state index >= 15 is 0 Å². The van der Waals surface area contributed by atoms with Gasteiger partial charge in [-0.05, 0) is 81.7 Å². The molecule has 4 atom stereocenters. The number of rotatable bonds is 6. The van der Waals surface area contributed by atoms with Gasteiger partial charge in [0.15, 0.2) is 0 Å². The zero-order valence-electron chi connectivity index (χ0n) is 17.5. The summed E-state index contributed by atoms with van der Waals surface area (Å²) in [6, 6.07) is 14.8. The van der Waals surface area contributed by atoms with E-state index in [9.17, 15) is 13.2 Å². The highest BCUT2D eigenvalue weighted by molar-refractivity contribution is 5.60. The molecule has 1 fully saturated rings. The monoisotopic (exact) mass is 417 g/mol. The number of alkyl halides is 3. The number of halogens is 3. The van der Waals surface area contributed by atoms with E-state index in [-0.39, 0.29) is 23.9 Å². The number of nitrogens with zero attached hydrogens (tertiary/aromatic N) is 1. The summed E-state index contributed by atoms with van der Waals surface area (Å²) >= 11 is 0. The third-order valence-corrected chi connectivity index (χ3v) is 6.53. The molecule has 1 saturated carbocycles. The molecule has 3 nitrogen and oxygen atoms in total. The van der Waals surface area contributed by atoms with Gasteiger partial charge in [-0.1, -0.05) is 30.3 Å². The van der Waals surface area contributed by atoms with Crippen LogP contribution in [0.4, 0.5) is 18.9 Å². The van der Waals surface area contributed by atoms with Crippen LogP contribution < -0.4 is 10.6 Å². The molecular formula is C24H30F3N3. The summed E-state index contributed by atoms with van der Waals surface area (Å²) in [6.45, 7) is 1.88. The van der Waals surface area contributed by atoms with Crippen molar-refractivity contribution in [3.05, 3.63) is 65.2 Å². The summed E-state index contributed by atoms with van der Waals surface area (Å²) in [5.74, 6) is 0.350. The van der Waals surface area contributed by atoms with Crippen molar-refractivity contribution in [3.8, 4) is 0 Å². The lowest BCUT2D eigenvalue weighted by Crippen LogP contribution is -2.39. The van der Waals surface area contributed by atoms with Crippen molar-refractivity contribution < 1.29 is 13.2 Å². The standard InChI is InChI=1S/C24H30F3N3/c1-30(2)14-6-13-28-21-12-10-18-22(21)19-15-17(24(25,26)27)9-11-20(19)29-23(18)16-7-4-3-5-8-16/h3-5,7-9,11,15,18,21-23,28-29H,6,10,12-14H2,1-2H3/t18-,21-,22+,23-/m1/s1. The quantitative estimate of drug-likeness (QED) is 0.627. The van der Waals surface area contributed by atoms with Crippen molar-refractivity contribution in [3.63, 3.8) is 0 Å². The summed E-state index contributed by atoms with van der Waals surface area (Å²) in [5, 5.41) is 7.24. The minimum Gasteiger partial charge on any atom is -0.378 e. The van der Waals surface area contributed by atoms with E-state index in [1.165, 1.54) is 17.7 Å². The summed E-state index contributed by atoms with van der Waals surface area (Å²) in [4.78, 5) is 2.15. The fraction of sp³-hybridized carbons (Fsp3) is 0.500. The van der Waals surface area contributed by atoms with Crippen LogP contribution in [0.2, 0.25) is 0 Å². The largest absolute Gasteiger partial charge is 0.416 e. The molecule has 1 aliphatic heterocycles. The van der Waals surface area contributed by atoms with Gasteiger partial charge in [0.1, 0.15) is 0 Å². The first-order chi connectivity index (χ1) is 14.3. The normalized spacial score (nSPS) is 25.7. The van der Waals surface area contributed by atoms with Crippen LogP contribution in [0.5, 0.6) is 0 Å². The van der Waals surface area contributed by atoms with Gasteiger partial charge in [-0.25, -0.2) is 0 Å². The van der Waals surface area contributed by atoms with E-state index < -0.39 is 11.7 Å². The van der Waals surface area contributed by atoms with Crippen molar-refractivity contribution in [2.75, 3.05) is 32.5 Å². The van der Waals surface area contributed by atoms with Crippen molar-refractivity contribution in [2.45, 2.75) is 43.4 Å². The molecule has 162 valence electrons. The average molecular weight is 418 g/mol. The van der Waals surface area contributed by atoms with Crippen molar-refractivity contribution in [1.29, 1.82) is 0 Å². The van der Waals surface area contributed by atoms with Crippen LogP contribution >= 0.6 is 0 Å². The van der Waals surface area contributed by atoms with Crippen LogP contribution in [-0.2, 0) is 6.18 Å². The molecule has 1 aliphatic carbocycles. The lowest BCUT2D eigenvalue weighted by atomic mass is 9.75. The minimum absolute atomic E-state index is 0.0770. The maximum absolute atomic E-state index is 13.4. The summed E-state index contributed by atoms with van der Waals surface area (Å²) in [6.07, 6.45) is -1.32. The molecule has 0 bridgehead atoms. The average Bonchev–Trinajstić information content (AvgIpc) is 3.14. The first-order valence-electron chi connectivity index (χ1n) is 10.8. The van der Waals surface area contributed by atoms with E-state index in [1.807, 2.05) is 18.2 Å². The highest BCUT2D eigenvalue weighted by Crippen LogP contribution is 2.53. The molecule has 2 aromatic rings. The Morgan fingerprint density at radius 3 is 2.53 bits per heavy atom. The van der Waals surface area contributed by atoms with E-state index in [0.29, 0.717) is 0 Å². The maximum Gasteiger partial charge on any atom is 0.416 e. The van der Waals surface area contributed by atoms with Crippen molar-refractivity contribution in [1.82, 2.24) is 10.2 Å². The molecule has 6 heteroatoms. The van der Waals surface area contributed by atoms with Crippen LogP contribution in [0.15, 0.2) is 48.5 Å². The molecule has 0 unspecified atom stereocenters. The molecular weight excluding hydrogens is 387 g/mol. The Kier molecular flexibility index (Phi) is 6.07. The summed E-state index contributed by atoms with van der Waals surface area (Å²) < 4.78 is 40.3. The van der Waals surface area contributed by atoms with Crippen LogP contribution in [0.1, 0.15) is 47.9 Å². The summed E-state index contributed by atoms with van der Waals surface area (Å²) in [5.41, 5.74) is 2.29. The van der Waals surface area contributed by atoms with Gasteiger partial charge < -0.3 is 15.5 Å². The van der Waals surface area contributed by atoms with Gasteiger partial charge in [-0.3, -0.25) is 0 Å². The highest BCUT2D eigenvalue weighted by atomic mass is 19.4. The number of fused-ring (bicyclic) bond motifs is 3. The predicted octanol–water partition coefficient (Wildman–Crippen LogP) is 5.28. The SMILES string of the molecule is CN(C)CCCN[C@@H]1CC[C@@H]2[C@H]1c1cc(C(F)(F)F)ccc1N[C@@H]2c1ccccc1. The molecule has 0 radical (unpaired) electrons. The second kappa shape index (κ2) is 8.60. The Hall–Kier alpha value is -2.05. The fourth-order valence-corrected chi connectivity index (χ4v) is 5.17. The van der Waals surface area contributed by atoms with Crippen molar-refractivity contribution >= 4 is 5.69 Å². The van der Waals surface area contributed by atoms with Crippen molar-refractivity contribution in [2.24, 2.45) is 5.92 Å². The smallest absolute Gasteiger partial charge is 0.378 e. The molecule has 1 heterocycles. The third kappa shape index (κ3) is 4.35. The third-order valence-electron chi connectivity index (χ3n) is 6.53.